The average Bonchev–Trinajstić information content (AvgIpc) is 3.16. The maximum Gasteiger partial charge on any atom is 0.234 e. The Balaban J connectivity index is 1.45. The van der Waals surface area contributed by atoms with E-state index in [0.717, 1.165) is 62.6 Å². The maximum absolute atomic E-state index is 12.2. The van der Waals surface area contributed by atoms with Crippen molar-refractivity contribution in [2.75, 3.05) is 46.9 Å². The number of benzene rings is 1. The van der Waals surface area contributed by atoms with Gasteiger partial charge in [-0.2, -0.15) is 0 Å². The van der Waals surface area contributed by atoms with Crippen molar-refractivity contribution in [2.24, 2.45) is 0 Å². The molecule has 1 N–H and O–H groups in total. The summed E-state index contributed by atoms with van der Waals surface area (Å²) >= 11 is 0. The minimum absolute atomic E-state index is 0.180. The zero-order valence-corrected chi connectivity index (χ0v) is 16.0. The molecule has 6 nitrogen and oxygen atoms in total. The molecule has 6 heteroatoms. The summed E-state index contributed by atoms with van der Waals surface area (Å²) in [4.78, 5) is 16.9. The summed E-state index contributed by atoms with van der Waals surface area (Å²) < 4.78 is 10.8. The van der Waals surface area contributed by atoms with Gasteiger partial charge in [0, 0.05) is 44.3 Å². The van der Waals surface area contributed by atoms with Gasteiger partial charge in [0.1, 0.15) is 11.5 Å². The number of nitrogens with one attached hydrogen (secondary N) is 1. The number of piperazine rings is 1. The fraction of sp³-hybridized carbons (Fsp3) is 0.650. The maximum atomic E-state index is 12.2. The van der Waals surface area contributed by atoms with Gasteiger partial charge in [-0.05, 0) is 31.0 Å². The first-order chi connectivity index (χ1) is 12.7. The molecule has 1 saturated carbocycles. The Kier molecular flexibility index (Phi) is 6.74. The second kappa shape index (κ2) is 9.24. The molecule has 0 bridgehead atoms. The first kappa shape index (κ1) is 19.0. The van der Waals surface area contributed by atoms with Crippen LogP contribution in [0.1, 0.15) is 31.2 Å². The van der Waals surface area contributed by atoms with Crippen LogP contribution in [0.25, 0.3) is 0 Å². The van der Waals surface area contributed by atoms with Crippen LogP contribution < -0.4 is 14.8 Å². The standard InChI is InChI=1S/C20H31N3O3/c1-25-18-7-8-19(26-2)16(13-18)14-22-9-11-23(12-10-22)15-20(24)21-17-5-3-4-6-17/h7-8,13,17H,3-6,9-12,14-15H2,1-2H3,(H,21,24). The number of rotatable bonds is 7. The summed E-state index contributed by atoms with van der Waals surface area (Å²) in [5.41, 5.74) is 1.14. The van der Waals surface area contributed by atoms with Gasteiger partial charge in [0.05, 0.1) is 20.8 Å². The summed E-state index contributed by atoms with van der Waals surface area (Å²) in [5.74, 6) is 1.92. The van der Waals surface area contributed by atoms with Gasteiger partial charge < -0.3 is 14.8 Å². The van der Waals surface area contributed by atoms with Crippen LogP contribution in [0.4, 0.5) is 0 Å². The van der Waals surface area contributed by atoms with Crippen LogP contribution in [0.5, 0.6) is 11.5 Å². The van der Waals surface area contributed by atoms with Gasteiger partial charge in [-0.1, -0.05) is 12.8 Å². The number of hydrogen-bond donors (Lipinski definition) is 1. The summed E-state index contributed by atoms with van der Waals surface area (Å²) in [6.45, 7) is 5.11. The van der Waals surface area contributed by atoms with E-state index in [1.807, 2.05) is 18.2 Å². The van der Waals surface area contributed by atoms with E-state index in [9.17, 15) is 4.79 Å². The smallest absolute Gasteiger partial charge is 0.234 e. The fourth-order valence-corrected chi connectivity index (χ4v) is 3.90. The number of amides is 1. The van der Waals surface area contributed by atoms with Crippen molar-refractivity contribution < 1.29 is 14.3 Å². The molecule has 2 aliphatic rings. The monoisotopic (exact) mass is 361 g/mol. The number of methoxy groups -OCH3 is 2. The second-order valence-electron chi connectivity index (χ2n) is 7.28. The number of carbonyl (C=O) groups is 1. The van der Waals surface area contributed by atoms with Gasteiger partial charge in [0.2, 0.25) is 5.91 Å². The van der Waals surface area contributed by atoms with Gasteiger partial charge in [-0.15, -0.1) is 0 Å². The minimum Gasteiger partial charge on any atom is -0.497 e. The van der Waals surface area contributed by atoms with E-state index >= 15 is 0 Å². The van der Waals surface area contributed by atoms with Gasteiger partial charge in [-0.25, -0.2) is 0 Å². The first-order valence-electron chi connectivity index (χ1n) is 9.63. The summed E-state index contributed by atoms with van der Waals surface area (Å²) in [6.07, 6.45) is 4.78. The van der Waals surface area contributed by atoms with E-state index in [0.29, 0.717) is 12.6 Å². The highest BCUT2D eigenvalue weighted by atomic mass is 16.5. The van der Waals surface area contributed by atoms with Crippen LogP contribution in [0, 0.1) is 0 Å². The van der Waals surface area contributed by atoms with Crippen molar-refractivity contribution in [1.82, 2.24) is 15.1 Å². The number of nitrogens with zero attached hydrogens (tertiary/aromatic N) is 2. The quantitative estimate of drug-likeness (QED) is 0.804. The number of hydrogen-bond acceptors (Lipinski definition) is 5. The Hall–Kier alpha value is -1.79. The predicted octanol–water partition coefficient (Wildman–Crippen LogP) is 1.88. The third-order valence-corrected chi connectivity index (χ3v) is 5.43. The van der Waals surface area contributed by atoms with Crippen molar-refractivity contribution in [3.63, 3.8) is 0 Å². The molecule has 0 radical (unpaired) electrons. The third-order valence-electron chi connectivity index (χ3n) is 5.43. The van der Waals surface area contributed by atoms with Gasteiger partial charge in [0.15, 0.2) is 0 Å². The highest BCUT2D eigenvalue weighted by Crippen LogP contribution is 2.25. The molecule has 1 aliphatic heterocycles. The van der Waals surface area contributed by atoms with E-state index in [2.05, 4.69) is 15.1 Å². The van der Waals surface area contributed by atoms with Crippen LogP contribution >= 0.6 is 0 Å². The first-order valence-corrected chi connectivity index (χ1v) is 9.63. The molecule has 1 amide bonds. The topological polar surface area (TPSA) is 54.0 Å². The molecule has 0 unspecified atom stereocenters. The molecule has 144 valence electrons. The van der Waals surface area contributed by atoms with Crippen LogP contribution in [0.15, 0.2) is 18.2 Å². The molecule has 1 heterocycles. The Morgan fingerprint density at radius 2 is 1.77 bits per heavy atom. The van der Waals surface area contributed by atoms with Gasteiger partial charge >= 0.3 is 0 Å². The highest BCUT2D eigenvalue weighted by molar-refractivity contribution is 5.78. The summed E-state index contributed by atoms with van der Waals surface area (Å²) in [6, 6.07) is 6.32. The van der Waals surface area contributed by atoms with E-state index < -0.39 is 0 Å². The zero-order valence-electron chi connectivity index (χ0n) is 16.0. The number of carbonyl (C=O) groups excluding carboxylic acids is 1. The lowest BCUT2D eigenvalue weighted by molar-refractivity contribution is -0.123. The fourth-order valence-electron chi connectivity index (χ4n) is 3.90. The second-order valence-corrected chi connectivity index (χ2v) is 7.28. The molecule has 1 saturated heterocycles. The predicted molar refractivity (Wildman–Crippen MR) is 102 cm³/mol. The van der Waals surface area contributed by atoms with Crippen molar-refractivity contribution in [1.29, 1.82) is 0 Å². The van der Waals surface area contributed by atoms with Crippen LogP contribution in [0.3, 0.4) is 0 Å². The molecular weight excluding hydrogens is 330 g/mol. The lowest BCUT2D eigenvalue weighted by Gasteiger charge is -2.34. The Morgan fingerprint density at radius 1 is 1.08 bits per heavy atom. The molecule has 0 atom stereocenters. The normalized spacial score (nSPS) is 19.5. The van der Waals surface area contributed by atoms with Crippen LogP contribution in [-0.4, -0.2) is 68.7 Å². The largest absolute Gasteiger partial charge is 0.497 e. The average molecular weight is 361 g/mol. The van der Waals surface area contributed by atoms with E-state index in [1.54, 1.807) is 14.2 Å². The molecule has 0 aromatic heterocycles. The van der Waals surface area contributed by atoms with Crippen molar-refractivity contribution in [3.8, 4) is 11.5 Å². The number of ether oxygens (including phenoxy) is 2. The van der Waals surface area contributed by atoms with E-state index in [-0.39, 0.29) is 5.91 Å². The highest BCUT2D eigenvalue weighted by Gasteiger charge is 2.22. The van der Waals surface area contributed by atoms with E-state index in [4.69, 9.17) is 9.47 Å². The molecule has 3 rings (SSSR count). The molecule has 1 aliphatic carbocycles. The van der Waals surface area contributed by atoms with Crippen LogP contribution in [0.2, 0.25) is 0 Å². The zero-order chi connectivity index (χ0) is 18.4. The molecular formula is C20H31N3O3. The van der Waals surface area contributed by atoms with E-state index in [1.165, 1.54) is 12.8 Å². The van der Waals surface area contributed by atoms with Crippen molar-refractivity contribution in [2.45, 2.75) is 38.3 Å². The summed E-state index contributed by atoms with van der Waals surface area (Å²) in [5, 5.41) is 3.18. The van der Waals surface area contributed by atoms with Gasteiger partial charge in [-0.3, -0.25) is 14.6 Å². The Morgan fingerprint density at radius 3 is 2.42 bits per heavy atom. The van der Waals surface area contributed by atoms with Crippen LogP contribution in [-0.2, 0) is 11.3 Å². The molecule has 0 spiro atoms. The third kappa shape index (κ3) is 5.11. The lowest BCUT2D eigenvalue weighted by Crippen LogP contribution is -2.50. The molecule has 2 fully saturated rings. The lowest BCUT2D eigenvalue weighted by atomic mass is 10.1. The Bertz CT molecular complexity index is 594. The van der Waals surface area contributed by atoms with Gasteiger partial charge in [0.25, 0.3) is 0 Å². The Labute approximate surface area is 156 Å². The molecule has 1 aromatic carbocycles. The SMILES string of the molecule is COc1ccc(OC)c(CN2CCN(CC(=O)NC3CCCC3)CC2)c1. The van der Waals surface area contributed by atoms with Crippen molar-refractivity contribution >= 4 is 5.91 Å². The molecule has 1 aromatic rings. The van der Waals surface area contributed by atoms with Crippen molar-refractivity contribution in [3.05, 3.63) is 23.8 Å². The minimum atomic E-state index is 0.180. The summed E-state index contributed by atoms with van der Waals surface area (Å²) in [7, 11) is 3.38. The molecule has 26 heavy (non-hydrogen) atoms.